The number of carboxylic acids is 1. The summed E-state index contributed by atoms with van der Waals surface area (Å²) in [4.78, 5) is 25.3. The first kappa shape index (κ1) is 13.0. The summed E-state index contributed by atoms with van der Waals surface area (Å²) in [6, 6.07) is 7.54. The molecular weight excluding hydrogens is 258 g/mol. The van der Waals surface area contributed by atoms with E-state index in [0.29, 0.717) is 26.1 Å². The van der Waals surface area contributed by atoms with E-state index in [1.807, 2.05) is 24.3 Å². The molecule has 0 aliphatic carbocycles. The lowest BCUT2D eigenvalue weighted by Crippen LogP contribution is -2.44. The van der Waals surface area contributed by atoms with Crippen molar-refractivity contribution < 1.29 is 19.4 Å². The first-order valence-electron chi connectivity index (χ1n) is 6.90. The fourth-order valence-corrected chi connectivity index (χ4v) is 2.97. The molecule has 2 atom stereocenters. The number of amides is 1. The topological polar surface area (TPSA) is 66.8 Å². The maximum atomic E-state index is 12.6. The van der Waals surface area contributed by atoms with Crippen molar-refractivity contribution in [2.75, 3.05) is 19.7 Å². The summed E-state index contributed by atoms with van der Waals surface area (Å²) in [5.74, 6) is -0.798. The predicted octanol–water partition coefficient (Wildman–Crippen LogP) is 1.49. The Morgan fingerprint density at radius 2 is 2.10 bits per heavy atom. The fourth-order valence-electron chi connectivity index (χ4n) is 2.97. The molecule has 0 spiro atoms. The number of carbonyl (C=O) groups excluding carboxylic acids is 1. The molecule has 1 fully saturated rings. The van der Waals surface area contributed by atoms with Gasteiger partial charge in [-0.05, 0) is 18.9 Å². The van der Waals surface area contributed by atoms with E-state index in [9.17, 15) is 9.59 Å². The summed E-state index contributed by atoms with van der Waals surface area (Å²) >= 11 is 0. The average Bonchev–Trinajstić information content (AvgIpc) is 2.90. The SMILES string of the molecule is O=C(O)C1CCCN(C(=O)C2COc3ccccc32)C1. The molecule has 106 valence electrons. The molecule has 2 aliphatic heterocycles. The third-order valence-electron chi connectivity index (χ3n) is 4.08. The molecule has 5 nitrogen and oxygen atoms in total. The predicted molar refractivity (Wildman–Crippen MR) is 71.6 cm³/mol. The van der Waals surface area contributed by atoms with Gasteiger partial charge in [0.1, 0.15) is 18.3 Å². The van der Waals surface area contributed by atoms with Crippen LogP contribution in [0, 0.1) is 5.92 Å². The van der Waals surface area contributed by atoms with Crippen molar-refractivity contribution in [3.8, 4) is 5.75 Å². The minimum absolute atomic E-state index is 0.0131. The number of hydrogen-bond donors (Lipinski definition) is 1. The normalized spacial score (nSPS) is 24.9. The Morgan fingerprint density at radius 1 is 1.30 bits per heavy atom. The lowest BCUT2D eigenvalue weighted by molar-refractivity contribution is -0.146. The Morgan fingerprint density at radius 3 is 2.90 bits per heavy atom. The van der Waals surface area contributed by atoms with Gasteiger partial charge < -0.3 is 14.7 Å². The number of ether oxygens (including phenoxy) is 1. The van der Waals surface area contributed by atoms with Gasteiger partial charge >= 0.3 is 5.97 Å². The lowest BCUT2D eigenvalue weighted by Gasteiger charge is -2.32. The number of fused-ring (bicyclic) bond motifs is 1. The van der Waals surface area contributed by atoms with Crippen molar-refractivity contribution in [1.82, 2.24) is 4.90 Å². The lowest BCUT2D eigenvalue weighted by atomic mass is 9.94. The largest absolute Gasteiger partial charge is 0.492 e. The van der Waals surface area contributed by atoms with Gasteiger partial charge in [-0.15, -0.1) is 0 Å². The third kappa shape index (κ3) is 2.24. The van der Waals surface area contributed by atoms with E-state index in [-0.39, 0.29) is 11.8 Å². The first-order chi connectivity index (χ1) is 9.66. The highest BCUT2D eigenvalue weighted by Crippen LogP contribution is 2.35. The van der Waals surface area contributed by atoms with Gasteiger partial charge in [0.05, 0.1) is 5.92 Å². The smallest absolute Gasteiger partial charge is 0.308 e. The van der Waals surface area contributed by atoms with Crippen molar-refractivity contribution in [3.05, 3.63) is 29.8 Å². The van der Waals surface area contributed by atoms with Crippen LogP contribution in [0.1, 0.15) is 24.3 Å². The highest BCUT2D eigenvalue weighted by molar-refractivity contribution is 5.86. The van der Waals surface area contributed by atoms with Crippen molar-refractivity contribution in [2.45, 2.75) is 18.8 Å². The summed E-state index contributed by atoms with van der Waals surface area (Å²) in [5.41, 5.74) is 0.912. The zero-order valence-corrected chi connectivity index (χ0v) is 11.1. The molecule has 1 saturated heterocycles. The minimum atomic E-state index is -0.814. The van der Waals surface area contributed by atoms with E-state index in [0.717, 1.165) is 17.7 Å². The van der Waals surface area contributed by atoms with Crippen molar-refractivity contribution >= 4 is 11.9 Å². The monoisotopic (exact) mass is 275 g/mol. The summed E-state index contributed by atoms with van der Waals surface area (Å²) in [7, 11) is 0. The Hall–Kier alpha value is -2.04. The summed E-state index contributed by atoms with van der Waals surface area (Å²) in [6.45, 7) is 1.31. The number of aliphatic carboxylic acids is 1. The quantitative estimate of drug-likeness (QED) is 0.888. The second-order valence-corrected chi connectivity index (χ2v) is 5.36. The number of nitrogens with zero attached hydrogens (tertiary/aromatic N) is 1. The van der Waals surface area contributed by atoms with Crippen LogP contribution in [0.15, 0.2) is 24.3 Å². The van der Waals surface area contributed by atoms with Crippen LogP contribution >= 0.6 is 0 Å². The second kappa shape index (κ2) is 5.15. The number of carboxylic acid groups (broad SMARTS) is 1. The highest BCUT2D eigenvalue weighted by atomic mass is 16.5. The van der Waals surface area contributed by atoms with Gasteiger partial charge in [0.25, 0.3) is 0 Å². The van der Waals surface area contributed by atoms with Crippen molar-refractivity contribution in [2.24, 2.45) is 5.92 Å². The van der Waals surface area contributed by atoms with E-state index in [2.05, 4.69) is 0 Å². The summed E-state index contributed by atoms with van der Waals surface area (Å²) in [6.07, 6.45) is 1.40. The van der Waals surface area contributed by atoms with Crippen LogP contribution in [0.4, 0.5) is 0 Å². The minimum Gasteiger partial charge on any atom is -0.492 e. The maximum Gasteiger partial charge on any atom is 0.308 e. The molecular formula is C15H17NO4. The van der Waals surface area contributed by atoms with Crippen LogP contribution < -0.4 is 4.74 Å². The van der Waals surface area contributed by atoms with Crippen LogP contribution in [0.2, 0.25) is 0 Å². The number of carbonyl (C=O) groups is 2. The number of benzene rings is 1. The summed E-state index contributed by atoms with van der Waals surface area (Å²) in [5, 5.41) is 9.10. The molecule has 1 aromatic carbocycles. The molecule has 2 heterocycles. The maximum absolute atomic E-state index is 12.6. The van der Waals surface area contributed by atoms with E-state index < -0.39 is 11.9 Å². The number of likely N-dealkylation sites (tertiary alicyclic amines) is 1. The number of rotatable bonds is 2. The molecule has 0 radical (unpaired) electrons. The Kier molecular flexibility index (Phi) is 3.34. The van der Waals surface area contributed by atoms with Crippen LogP contribution in [0.25, 0.3) is 0 Å². The molecule has 2 aliphatic rings. The highest BCUT2D eigenvalue weighted by Gasteiger charge is 2.36. The van der Waals surface area contributed by atoms with Gasteiger partial charge in [0, 0.05) is 18.7 Å². The number of hydrogen-bond acceptors (Lipinski definition) is 3. The summed E-state index contributed by atoms with van der Waals surface area (Å²) < 4.78 is 5.53. The van der Waals surface area contributed by atoms with Crippen LogP contribution in [0.3, 0.4) is 0 Å². The van der Waals surface area contributed by atoms with Crippen LogP contribution in [-0.2, 0) is 9.59 Å². The fraction of sp³-hybridized carbons (Fsp3) is 0.467. The molecule has 0 aromatic heterocycles. The van der Waals surface area contributed by atoms with E-state index in [4.69, 9.17) is 9.84 Å². The standard InChI is InChI=1S/C15H17NO4/c17-14(16-7-3-4-10(8-16)15(18)19)12-9-20-13-6-2-1-5-11(12)13/h1-2,5-6,10,12H,3-4,7-9H2,(H,18,19). The van der Waals surface area contributed by atoms with Gasteiger partial charge in [-0.25, -0.2) is 0 Å². The second-order valence-electron chi connectivity index (χ2n) is 5.36. The molecule has 1 N–H and O–H groups in total. The molecule has 0 saturated carbocycles. The third-order valence-corrected chi connectivity index (χ3v) is 4.08. The zero-order valence-electron chi connectivity index (χ0n) is 11.1. The Balaban J connectivity index is 1.75. The van der Waals surface area contributed by atoms with Crippen LogP contribution in [0.5, 0.6) is 5.75 Å². The van der Waals surface area contributed by atoms with Gasteiger partial charge in [-0.1, -0.05) is 18.2 Å². The van der Waals surface area contributed by atoms with E-state index in [1.165, 1.54) is 0 Å². The van der Waals surface area contributed by atoms with Crippen molar-refractivity contribution in [1.29, 1.82) is 0 Å². The Labute approximate surface area is 117 Å². The molecule has 1 amide bonds. The van der Waals surface area contributed by atoms with Gasteiger partial charge in [-0.2, -0.15) is 0 Å². The molecule has 1 aromatic rings. The van der Waals surface area contributed by atoms with Crippen molar-refractivity contribution in [3.63, 3.8) is 0 Å². The average molecular weight is 275 g/mol. The molecule has 0 bridgehead atoms. The molecule has 2 unspecified atom stereocenters. The van der Waals surface area contributed by atoms with E-state index >= 15 is 0 Å². The van der Waals surface area contributed by atoms with Gasteiger partial charge in [-0.3, -0.25) is 9.59 Å². The first-order valence-corrected chi connectivity index (χ1v) is 6.90. The molecule has 3 rings (SSSR count). The van der Waals surface area contributed by atoms with Gasteiger partial charge in [0.2, 0.25) is 5.91 Å². The van der Waals surface area contributed by atoms with E-state index in [1.54, 1.807) is 4.90 Å². The molecule has 5 heteroatoms. The Bertz CT molecular complexity index is 542. The number of para-hydroxylation sites is 1. The van der Waals surface area contributed by atoms with Crippen LogP contribution in [-0.4, -0.2) is 41.6 Å². The number of piperidine rings is 1. The van der Waals surface area contributed by atoms with Gasteiger partial charge in [0.15, 0.2) is 0 Å². The molecule has 20 heavy (non-hydrogen) atoms. The zero-order chi connectivity index (χ0) is 14.1.